The predicted octanol–water partition coefficient (Wildman–Crippen LogP) is 1.94. The van der Waals surface area contributed by atoms with Crippen molar-refractivity contribution in [1.82, 2.24) is 15.2 Å². The number of allylic oxidation sites excluding steroid dienone is 2. The lowest BCUT2D eigenvalue weighted by molar-refractivity contribution is -0.135. The van der Waals surface area contributed by atoms with Gasteiger partial charge in [-0.1, -0.05) is 22.5 Å². The van der Waals surface area contributed by atoms with Gasteiger partial charge in [-0.15, -0.1) is 0 Å². The number of aryl methyl sites for hydroxylation is 1. The number of hydrogen-bond acceptors (Lipinski definition) is 4. The van der Waals surface area contributed by atoms with E-state index in [0.29, 0.717) is 23.8 Å². The van der Waals surface area contributed by atoms with Gasteiger partial charge in [-0.05, 0) is 43.4 Å². The summed E-state index contributed by atoms with van der Waals surface area (Å²) in [6, 6.07) is 0. The van der Waals surface area contributed by atoms with E-state index >= 15 is 0 Å². The number of carbonyl (C=O) groups excluding carboxylic acids is 1. The first-order chi connectivity index (χ1) is 9.62. The van der Waals surface area contributed by atoms with Crippen LogP contribution in [0.1, 0.15) is 30.7 Å². The third kappa shape index (κ3) is 1.52. The zero-order valence-electron chi connectivity index (χ0n) is 11.9. The maximum absolute atomic E-state index is 12.7. The molecule has 0 N–H and O–H groups in total. The van der Waals surface area contributed by atoms with Crippen LogP contribution in [0.15, 0.2) is 16.8 Å². The summed E-state index contributed by atoms with van der Waals surface area (Å²) in [5.74, 6) is 1.53. The molecule has 2 bridgehead atoms. The van der Waals surface area contributed by atoms with Crippen molar-refractivity contribution >= 4 is 5.91 Å². The van der Waals surface area contributed by atoms with E-state index in [1.54, 1.807) is 4.90 Å². The Balaban J connectivity index is 1.48. The molecule has 1 amide bonds. The van der Waals surface area contributed by atoms with E-state index < -0.39 is 0 Å². The Hall–Kier alpha value is -1.65. The molecule has 2 saturated carbocycles. The van der Waals surface area contributed by atoms with Crippen molar-refractivity contribution in [2.75, 3.05) is 7.05 Å². The van der Waals surface area contributed by atoms with E-state index in [4.69, 9.17) is 4.63 Å². The van der Waals surface area contributed by atoms with Gasteiger partial charge in [-0.25, -0.2) is 4.63 Å². The lowest BCUT2D eigenvalue weighted by Crippen LogP contribution is -2.35. The normalized spacial score (nSPS) is 32.0. The molecule has 0 radical (unpaired) electrons. The molecule has 1 aromatic heterocycles. The summed E-state index contributed by atoms with van der Waals surface area (Å²) in [6.07, 6.45) is 8.26. The Labute approximate surface area is 118 Å². The van der Waals surface area contributed by atoms with Gasteiger partial charge in [0.25, 0.3) is 0 Å². The molecule has 3 aliphatic rings. The summed E-state index contributed by atoms with van der Waals surface area (Å²) in [5, 5.41) is 7.62. The van der Waals surface area contributed by atoms with Crippen molar-refractivity contribution in [3.63, 3.8) is 0 Å². The van der Waals surface area contributed by atoms with E-state index in [9.17, 15) is 4.79 Å². The molecule has 0 saturated heterocycles. The van der Waals surface area contributed by atoms with Crippen LogP contribution < -0.4 is 0 Å². The average Bonchev–Trinajstić information content (AvgIpc) is 2.94. The largest absolute Gasteiger partial charge is 0.339 e. The van der Waals surface area contributed by atoms with Gasteiger partial charge in [0.15, 0.2) is 0 Å². The maximum Gasteiger partial charge on any atom is 0.226 e. The first kappa shape index (κ1) is 12.1. The number of amides is 1. The fourth-order valence-electron chi connectivity index (χ4n) is 4.23. The minimum atomic E-state index is 0.165. The van der Waals surface area contributed by atoms with E-state index in [1.165, 1.54) is 12.8 Å². The summed E-state index contributed by atoms with van der Waals surface area (Å²) < 4.78 is 4.69. The highest BCUT2D eigenvalue weighted by Crippen LogP contribution is 2.70. The van der Waals surface area contributed by atoms with Gasteiger partial charge in [-0.2, -0.15) is 0 Å². The van der Waals surface area contributed by atoms with Crippen LogP contribution in [-0.4, -0.2) is 28.2 Å². The van der Waals surface area contributed by atoms with E-state index in [1.807, 2.05) is 14.0 Å². The number of carbonyl (C=O) groups is 1. The SMILES string of the molecule is Cc1nonc1CN(C)C(=O)[C@@H]1C[C@H]2C=C[C@H]1C21CC1. The molecular formula is C15H19N3O2. The van der Waals surface area contributed by atoms with Crippen LogP contribution in [0, 0.1) is 30.1 Å². The molecule has 2 fully saturated rings. The Morgan fingerprint density at radius 3 is 2.85 bits per heavy atom. The fraction of sp³-hybridized carbons (Fsp3) is 0.667. The molecule has 5 nitrogen and oxygen atoms in total. The zero-order chi connectivity index (χ0) is 13.9. The van der Waals surface area contributed by atoms with Gasteiger partial charge in [0.1, 0.15) is 11.4 Å². The average molecular weight is 273 g/mol. The number of rotatable bonds is 3. The molecule has 3 atom stereocenters. The second-order valence-electron chi connectivity index (χ2n) is 6.58. The standard InChI is InChI=1S/C15H19N3O2/c1-9-13(17-20-16-9)8-18(2)14(19)11-7-10-3-4-12(11)15(10)5-6-15/h3-4,10-12H,5-8H2,1-2H3/t10-,11-,12-/m1/s1. The Morgan fingerprint density at radius 2 is 2.25 bits per heavy atom. The van der Waals surface area contributed by atoms with Crippen LogP contribution in [0.4, 0.5) is 0 Å². The number of hydrogen-bond donors (Lipinski definition) is 0. The molecule has 1 heterocycles. The Kier molecular flexibility index (Phi) is 2.38. The third-order valence-electron chi connectivity index (χ3n) is 5.55. The van der Waals surface area contributed by atoms with Crippen molar-refractivity contribution in [1.29, 1.82) is 0 Å². The molecular weight excluding hydrogens is 254 g/mol. The van der Waals surface area contributed by atoms with Crippen LogP contribution in [0.25, 0.3) is 0 Å². The van der Waals surface area contributed by atoms with Crippen LogP contribution in [0.5, 0.6) is 0 Å². The monoisotopic (exact) mass is 273 g/mol. The fourth-order valence-corrected chi connectivity index (χ4v) is 4.23. The lowest BCUT2D eigenvalue weighted by atomic mass is 9.88. The van der Waals surface area contributed by atoms with Crippen LogP contribution >= 0.6 is 0 Å². The lowest BCUT2D eigenvalue weighted by Gasteiger charge is -2.25. The molecule has 3 aliphatic carbocycles. The van der Waals surface area contributed by atoms with Crippen molar-refractivity contribution in [2.45, 2.75) is 32.7 Å². The smallest absolute Gasteiger partial charge is 0.226 e. The van der Waals surface area contributed by atoms with E-state index in [-0.39, 0.29) is 11.8 Å². The van der Waals surface area contributed by atoms with Crippen molar-refractivity contribution in [2.24, 2.45) is 23.2 Å². The summed E-state index contributed by atoms with van der Waals surface area (Å²) in [7, 11) is 1.85. The van der Waals surface area contributed by atoms with Crippen molar-refractivity contribution in [3.8, 4) is 0 Å². The molecule has 4 rings (SSSR count). The van der Waals surface area contributed by atoms with Crippen molar-refractivity contribution in [3.05, 3.63) is 23.5 Å². The predicted molar refractivity (Wildman–Crippen MR) is 71.4 cm³/mol. The summed E-state index contributed by atoms with van der Waals surface area (Å²) >= 11 is 0. The van der Waals surface area contributed by atoms with Crippen molar-refractivity contribution < 1.29 is 9.42 Å². The highest BCUT2D eigenvalue weighted by atomic mass is 16.6. The van der Waals surface area contributed by atoms with Crippen LogP contribution in [-0.2, 0) is 11.3 Å². The molecule has 1 spiro atoms. The van der Waals surface area contributed by atoms with Gasteiger partial charge in [0, 0.05) is 13.0 Å². The van der Waals surface area contributed by atoms with Gasteiger partial charge < -0.3 is 4.90 Å². The Morgan fingerprint density at radius 1 is 1.45 bits per heavy atom. The van der Waals surface area contributed by atoms with Gasteiger partial charge in [-0.3, -0.25) is 4.79 Å². The number of nitrogens with zero attached hydrogens (tertiary/aromatic N) is 3. The second-order valence-corrected chi connectivity index (χ2v) is 6.58. The van der Waals surface area contributed by atoms with Gasteiger partial charge >= 0.3 is 0 Å². The summed E-state index contributed by atoms with van der Waals surface area (Å²) in [5.41, 5.74) is 1.98. The minimum absolute atomic E-state index is 0.165. The third-order valence-corrected chi connectivity index (χ3v) is 5.55. The molecule has 0 aliphatic heterocycles. The molecule has 106 valence electrons. The molecule has 0 aromatic carbocycles. The van der Waals surface area contributed by atoms with E-state index in [0.717, 1.165) is 17.8 Å². The zero-order valence-corrected chi connectivity index (χ0v) is 11.9. The highest BCUT2D eigenvalue weighted by Gasteiger charge is 2.64. The Bertz CT molecular complexity index is 588. The summed E-state index contributed by atoms with van der Waals surface area (Å²) in [6.45, 7) is 2.34. The molecule has 0 unspecified atom stereocenters. The molecule has 1 aromatic rings. The van der Waals surface area contributed by atoms with Gasteiger partial charge in [0.05, 0.1) is 6.54 Å². The highest BCUT2D eigenvalue weighted by molar-refractivity contribution is 5.80. The van der Waals surface area contributed by atoms with E-state index in [2.05, 4.69) is 22.5 Å². The quantitative estimate of drug-likeness (QED) is 0.790. The first-order valence-electron chi connectivity index (χ1n) is 7.33. The van der Waals surface area contributed by atoms with Gasteiger partial charge in [0.2, 0.25) is 5.91 Å². The maximum atomic E-state index is 12.7. The van der Waals surface area contributed by atoms with Crippen LogP contribution in [0.3, 0.4) is 0 Å². The summed E-state index contributed by atoms with van der Waals surface area (Å²) in [4.78, 5) is 14.5. The van der Waals surface area contributed by atoms with Crippen LogP contribution in [0.2, 0.25) is 0 Å². The molecule has 20 heavy (non-hydrogen) atoms. The number of aromatic nitrogens is 2. The first-order valence-corrected chi connectivity index (χ1v) is 7.33. The minimum Gasteiger partial charge on any atom is -0.339 e. The molecule has 5 heteroatoms. The second kappa shape index (κ2) is 3.93. The topological polar surface area (TPSA) is 59.2 Å².